The number of carbonyl (C=O) groups is 1. The van der Waals surface area contributed by atoms with Gasteiger partial charge >= 0.3 is 0 Å². The van der Waals surface area contributed by atoms with E-state index in [1.54, 1.807) is 0 Å². The molecule has 0 saturated carbocycles. The van der Waals surface area contributed by atoms with Gasteiger partial charge in [-0.1, -0.05) is 29.8 Å². The summed E-state index contributed by atoms with van der Waals surface area (Å²) in [6.07, 6.45) is 0.959. The Kier molecular flexibility index (Phi) is 5.44. The lowest BCUT2D eigenvalue weighted by Gasteiger charge is -2.06. The van der Waals surface area contributed by atoms with E-state index in [2.05, 4.69) is 50.5 Å². The quantitative estimate of drug-likeness (QED) is 0.866. The first-order valence-electron chi connectivity index (χ1n) is 6.85. The van der Waals surface area contributed by atoms with Crippen molar-refractivity contribution in [2.24, 2.45) is 5.92 Å². The van der Waals surface area contributed by atoms with E-state index in [0.29, 0.717) is 18.3 Å². The number of nitrogens with zero attached hydrogens (tertiary/aromatic N) is 4. The summed E-state index contributed by atoms with van der Waals surface area (Å²) in [4.78, 5) is 13.0. The number of amides is 1. The first-order chi connectivity index (χ1) is 10.0. The van der Waals surface area contributed by atoms with Gasteiger partial charge in [-0.15, -0.1) is 10.2 Å². The molecule has 0 atom stereocenters. The molecule has 21 heavy (non-hydrogen) atoms. The molecule has 1 amide bonds. The zero-order valence-corrected chi connectivity index (χ0v) is 13.7. The van der Waals surface area contributed by atoms with Crippen LogP contribution in [0.25, 0.3) is 11.4 Å². The monoisotopic (exact) mass is 351 g/mol. The van der Waals surface area contributed by atoms with Gasteiger partial charge in [0.25, 0.3) is 0 Å². The van der Waals surface area contributed by atoms with Crippen molar-refractivity contribution in [1.29, 1.82) is 0 Å². The van der Waals surface area contributed by atoms with Crippen LogP contribution in [0.5, 0.6) is 0 Å². The number of nitrogens with one attached hydrogen (secondary N) is 1. The molecule has 0 aliphatic rings. The Hall–Kier alpha value is -1.76. The summed E-state index contributed by atoms with van der Waals surface area (Å²) in [6, 6.07) is 7.62. The summed E-state index contributed by atoms with van der Waals surface area (Å²) >= 11 is 3.38. The van der Waals surface area contributed by atoms with E-state index < -0.39 is 0 Å². The highest BCUT2D eigenvalue weighted by molar-refractivity contribution is 9.10. The van der Waals surface area contributed by atoms with Crippen LogP contribution in [0.15, 0.2) is 28.7 Å². The smallest absolute Gasteiger partial charge is 0.243 e. The van der Waals surface area contributed by atoms with Gasteiger partial charge in [0.15, 0.2) is 0 Å². The molecule has 112 valence electrons. The molecule has 2 rings (SSSR count). The van der Waals surface area contributed by atoms with E-state index in [4.69, 9.17) is 0 Å². The summed E-state index contributed by atoms with van der Waals surface area (Å²) in [6.45, 7) is 5.00. The molecule has 0 aliphatic carbocycles. The largest absolute Gasteiger partial charge is 0.354 e. The number of carbonyl (C=O) groups excluding carboxylic acids is 1. The van der Waals surface area contributed by atoms with E-state index in [9.17, 15) is 4.79 Å². The van der Waals surface area contributed by atoms with Gasteiger partial charge in [-0.05, 0) is 41.8 Å². The van der Waals surface area contributed by atoms with E-state index in [1.165, 1.54) is 4.80 Å². The van der Waals surface area contributed by atoms with Crippen LogP contribution >= 0.6 is 15.9 Å². The Bertz CT molecular complexity index is 594. The number of benzene rings is 1. The molecule has 0 aliphatic heterocycles. The Balaban J connectivity index is 1.91. The number of hydrogen-bond acceptors (Lipinski definition) is 4. The van der Waals surface area contributed by atoms with Gasteiger partial charge in [0.05, 0.1) is 0 Å². The normalized spacial score (nSPS) is 10.9. The van der Waals surface area contributed by atoms with E-state index in [-0.39, 0.29) is 12.5 Å². The molecule has 1 aromatic heterocycles. The van der Waals surface area contributed by atoms with Gasteiger partial charge in [0, 0.05) is 16.6 Å². The molecule has 1 N–H and O–H groups in total. The molecule has 0 unspecified atom stereocenters. The van der Waals surface area contributed by atoms with Crippen molar-refractivity contribution in [1.82, 2.24) is 25.5 Å². The minimum Gasteiger partial charge on any atom is -0.354 e. The van der Waals surface area contributed by atoms with Crippen LogP contribution in [0.3, 0.4) is 0 Å². The lowest BCUT2D eigenvalue weighted by atomic mass is 10.1. The zero-order chi connectivity index (χ0) is 15.2. The maximum Gasteiger partial charge on any atom is 0.243 e. The molecule has 0 radical (unpaired) electrons. The SMILES string of the molecule is CC(C)CCNC(=O)Cn1nnc(-c2ccc(Br)cc2)n1. The van der Waals surface area contributed by atoms with Crippen molar-refractivity contribution < 1.29 is 4.79 Å². The fourth-order valence-electron chi connectivity index (χ4n) is 1.71. The number of aromatic nitrogens is 4. The molecular formula is C14H18BrN5O. The van der Waals surface area contributed by atoms with Crippen LogP contribution in [0.2, 0.25) is 0 Å². The van der Waals surface area contributed by atoms with Crippen LogP contribution in [0.1, 0.15) is 20.3 Å². The average Bonchev–Trinajstić information content (AvgIpc) is 2.87. The Morgan fingerprint density at radius 1 is 1.33 bits per heavy atom. The second-order valence-electron chi connectivity index (χ2n) is 5.18. The van der Waals surface area contributed by atoms with Crippen LogP contribution in [0.4, 0.5) is 0 Å². The molecule has 1 aromatic carbocycles. The Morgan fingerprint density at radius 3 is 2.71 bits per heavy atom. The highest BCUT2D eigenvalue weighted by Gasteiger charge is 2.09. The van der Waals surface area contributed by atoms with Crippen LogP contribution < -0.4 is 5.32 Å². The standard InChI is InChI=1S/C14H18BrN5O/c1-10(2)7-8-16-13(21)9-20-18-14(17-19-20)11-3-5-12(15)6-4-11/h3-6,10H,7-9H2,1-2H3,(H,16,21). The highest BCUT2D eigenvalue weighted by Crippen LogP contribution is 2.17. The Labute approximate surface area is 132 Å². The molecule has 0 bridgehead atoms. The van der Waals surface area contributed by atoms with Crippen molar-refractivity contribution >= 4 is 21.8 Å². The van der Waals surface area contributed by atoms with Gasteiger partial charge in [-0.3, -0.25) is 4.79 Å². The van der Waals surface area contributed by atoms with Crippen LogP contribution in [0, 0.1) is 5.92 Å². The lowest BCUT2D eigenvalue weighted by Crippen LogP contribution is -2.29. The van der Waals surface area contributed by atoms with Gasteiger partial charge in [0.2, 0.25) is 11.7 Å². The molecule has 1 heterocycles. The summed E-state index contributed by atoms with van der Waals surface area (Å²) < 4.78 is 0.989. The third-order valence-corrected chi connectivity index (χ3v) is 3.41. The molecule has 0 saturated heterocycles. The van der Waals surface area contributed by atoms with Crippen molar-refractivity contribution in [3.8, 4) is 11.4 Å². The second-order valence-corrected chi connectivity index (χ2v) is 6.10. The topological polar surface area (TPSA) is 72.7 Å². The number of hydrogen-bond donors (Lipinski definition) is 1. The van der Waals surface area contributed by atoms with Gasteiger partial charge in [-0.2, -0.15) is 4.80 Å². The van der Waals surface area contributed by atoms with Crippen molar-refractivity contribution in [2.45, 2.75) is 26.8 Å². The minimum atomic E-state index is -0.101. The summed E-state index contributed by atoms with van der Waals surface area (Å²) in [5.41, 5.74) is 0.865. The maximum absolute atomic E-state index is 11.7. The molecule has 0 spiro atoms. The first kappa shape index (κ1) is 15.6. The van der Waals surface area contributed by atoms with E-state index in [1.807, 2.05) is 24.3 Å². The van der Waals surface area contributed by atoms with Crippen molar-refractivity contribution in [3.05, 3.63) is 28.7 Å². The van der Waals surface area contributed by atoms with Crippen LogP contribution in [-0.4, -0.2) is 32.7 Å². The summed E-state index contributed by atoms with van der Waals surface area (Å²) in [5.74, 6) is 0.978. The first-order valence-corrected chi connectivity index (χ1v) is 7.64. The highest BCUT2D eigenvalue weighted by atomic mass is 79.9. The summed E-state index contributed by atoms with van der Waals surface area (Å²) in [5, 5.41) is 14.9. The number of rotatable bonds is 6. The fraction of sp³-hybridized carbons (Fsp3) is 0.429. The maximum atomic E-state index is 11.7. The molecule has 6 nitrogen and oxygen atoms in total. The number of halogens is 1. The van der Waals surface area contributed by atoms with E-state index in [0.717, 1.165) is 16.5 Å². The van der Waals surface area contributed by atoms with Gasteiger partial charge in [0.1, 0.15) is 6.54 Å². The molecule has 2 aromatic rings. The predicted molar refractivity (Wildman–Crippen MR) is 83.4 cm³/mol. The average molecular weight is 352 g/mol. The number of tetrazole rings is 1. The third-order valence-electron chi connectivity index (χ3n) is 2.88. The molecule has 0 fully saturated rings. The minimum absolute atomic E-state index is 0.0849. The van der Waals surface area contributed by atoms with Gasteiger partial charge in [-0.25, -0.2) is 0 Å². The zero-order valence-electron chi connectivity index (χ0n) is 12.1. The van der Waals surface area contributed by atoms with Gasteiger partial charge < -0.3 is 5.32 Å². The summed E-state index contributed by atoms with van der Waals surface area (Å²) in [7, 11) is 0. The fourth-order valence-corrected chi connectivity index (χ4v) is 1.97. The predicted octanol–water partition coefficient (Wildman–Crippen LogP) is 2.26. The van der Waals surface area contributed by atoms with Crippen molar-refractivity contribution in [3.63, 3.8) is 0 Å². The molecular weight excluding hydrogens is 334 g/mol. The second kappa shape index (κ2) is 7.31. The van der Waals surface area contributed by atoms with Crippen LogP contribution in [-0.2, 0) is 11.3 Å². The Morgan fingerprint density at radius 2 is 2.05 bits per heavy atom. The lowest BCUT2D eigenvalue weighted by molar-refractivity contribution is -0.122. The van der Waals surface area contributed by atoms with Crippen molar-refractivity contribution in [2.75, 3.05) is 6.54 Å². The molecule has 7 heteroatoms. The third kappa shape index (κ3) is 4.93. The van der Waals surface area contributed by atoms with E-state index >= 15 is 0 Å².